The molecular weight excluding hydrogens is 224 g/mol. The Morgan fingerprint density at radius 1 is 1.19 bits per heavy atom. The first-order valence-electron chi connectivity index (χ1n) is 6.31. The van der Waals surface area contributed by atoms with Crippen LogP contribution in [-0.2, 0) is 10.0 Å². The van der Waals surface area contributed by atoms with Crippen LogP contribution in [0.1, 0.15) is 38.5 Å². The Bertz CT molecular complexity index is 323. The van der Waals surface area contributed by atoms with Crippen molar-refractivity contribution in [1.29, 1.82) is 0 Å². The highest BCUT2D eigenvalue weighted by Crippen LogP contribution is 2.31. The molecule has 94 valence electrons. The Morgan fingerprint density at radius 2 is 1.88 bits per heavy atom. The zero-order valence-corrected chi connectivity index (χ0v) is 10.8. The van der Waals surface area contributed by atoms with Crippen LogP contribution in [0.5, 0.6) is 0 Å². The van der Waals surface area contributed by atoms with Crippen molar-refractivity contribution < 1.29 is 8.42 Å². The van der Waals surface area contributed by atoms with Crippen LogP contribution in [0.3, 0.4) is 0 Å². The Kier molecular flexibility index (Phi) is 3.87. The summed E-state index contributed by atoms with van der Waals surface area (Å²) >= 11 is 0. The molecule has 0 radical (unpaired) electrons. The van der Waals surface area contributed by atoms with E-state index in [9.17, 15) is 8.42 Å². The van der Waals surface area contributed by atoms with Crippen molar-refractivity contribution in [1.82, 2.24) is 9.62 Å². The lowest BCUT2D eigenvalue weighted by Crippen LogP contribution is -2.44. The number of nitrogens with zero attached hydrogens (tertiary/aromatic N) is 1. The molecule has 2 fully saturated rings. The van der Waals surface area contributed by atoms with Crippen LogP contribution in [0.25, 0.3) is 0 Å². The van der Waals surface area contributed by atoms with Gasteiger partial charge in [0.05, 0.1) is 5.25 Å². The molecule has 1 saturated carbocycles. The van der Waals surface area contributed by atoms with Gasteiger partial charge in [-0.15, -0.1) is 0 Å². The summed E-state index contributed by atoms with van der Waals surface area (Å²) in [4.78, 5) is 0. The van der Waals surface area contributed by atoms with Crippen LogP contribution in [0.2, 0.25) is 0 Å². The van der Waals surface area contributed by atoms with E-state index < -0.39 is 10.0 Å². The van der Waals surface area contributed by atoms with Crippen molar-refractivity contribution in [3.8, 4) is 0 Å². The minimum Gasteiger partial charge on any atom is -0.318 e. The summed E-state index contributed by atoms with van der Waals surface area (Å²) in [7, 11) is -1.13. The van der Waals surface area contributed by atoms with Crippen LogP contribution in [0.4, 0.5) is 0 Å². The van der Waals surface area contributed by atoms with E-state index in [0.29, 0.717) is 0 Å². The van der Waals surface area contributed by atoms with Crippen LogP contribution in [-0.4, -0.2) is 44.2 Å². The molecule has 16 heavy (non-hydrogen) atoms. The second kappa shape index (κ2) is 5.02. The van der Waals surface area contributed by atoms with Gasteiger partial charge < -0.3 is 5.32 Å². The Labute approximate surface area is 98.4 Å². The molecule has 1 atom stereocenters. The quantitative estimate of drug-likeness (QED) is 0.803. The molecule has 1 unspecified atom stereocenters. The van der Waals surface area contributed by atoms with Crippen LogP contribution >= 0.6 is 0 Å². The predicted molar refractivity (Wildman–Crippen MR) is 64.8 cm³/mol. The van der Waals surface area contributed by atoms with Gasteiger partial charge in [0.2, 0.25) is 10.0 Å². The molecular formula is C11H22N2O2S. The van der Waals surface area contributed by atoms with Crippen molar-refractivity contribution in [2.45, 2.75) is 49.8 Å². The van der Waals surface area contributed by atoms with Crippen molar-refractivity contribution in [2.75, 3.05) is 20.1 Å². The highest BCUT2D eigenvalue weighted by molar-refractivity contribution is 7.89. The summed E-state index contributed by atoms with van der Waals surface area (Å²) in [6.07, 6.45) is 5.91. The number of rotatable bonds is 4. The molecule has 0 aromatic rings. The lowest BCUT2D eigenvalue weighted by atomic mass is 10.2. The van der Waals surface area contributed by atoms with Crippen LogP contribution in [0, 0.1) is 0 Å². The third-order valence-corrected chi connectivity index (χ3v) is 6.26. The molecule has 0 amide bonds. The van der Waals surface area contributed by atoms with Gasteiger partial charge in [0.1, 0.15) is 0 Å². The summed E-state index contributed by atoms with van der Waals surface area (Å²) < 4.78 is 26.6. The second-order valence-electron chi connectivity index (χ2n) is 4.92. The number of likely N-dealkylation sites (N-methyl/N-ethyl adjacent to an activating group) is 1. The first-order chi connectivity index (χ1) is 7.66. The average Bonchev–Trinajstić information content (AvgIpc) is 2.88. The zero-order valence-electron chi connectivity index (χ0n) is 9.98. The summed E-state index contributed by atoms with van der Waals surface area (Å²) in [5.41, 5.74) is 0. The van der Waals surface area contributed by atoms with Gasteiger partial charge in [-0.2, -0.15) is 4.31 Å². The van der Waals surface area contributed by atoms with E-state index in [0.717, 1.165) is 51.6 Å². The first-order valence-corrected chi connectivity index (χ1v) is 7.82. The highest BCUT2D eigenvalue weighted by atomic mass is 32.2. The molecule has 4 nitrogen and oxygen atoms in total. The van der Waals surface area contributed by atoms with E-state index in [1.165, 1.54) is 0 Å². The average molecular weight is 246 g/mol. The number of nitrogens with one attached hydrogen (secondary N) is 1. The van der Waals surface area contributed by atoms with Gasteiger partial charge in [-0.3, -0.25) is 0 Å². The van der Waals surface area contributed by atoms with Crippen LogP contribution in [0.15, 0.2) is 0 Å². The third kappa shape index (κ3) is 2.26. The molecule has 0 aromatic heterocycles. The SMILES string of the molecule is CNCC1CCCN1S(=O)(=O)C1CCCC1. The van der Waals surface area contributed by atoms with Gasteiger partial charge in [0.25, 0.3) is 0 Å². The molecule has 0 aromatic carbocycles. The zero-order chi connectivity index (χ0) is 11.6. The van der Waals surface area contributed by atoms with E-state index >= 15 is 0 Å². The fraction of sp³-hybridized carbons (Fsp3) is 1.00. The molecule has 5 heteroatoms. The minimum atomic E-state index is -3.02. The van der Waals surface area contributed by atoms with Crippen molar-refractivity contribution in [2.24, 2.45) is 0 Å². The molecule has 0 bridgehead atoms. The fourth-order valence-electron chi connectivity index (χ4n) is 2.96. The van der Waals surface area contributed by atoms with Crippen molar-refractivity contribution in [3.63, 3.8) is 0 Å². The van der Waals surface area contributed by atoms with E-state index in [1.807, 2.05) is 7.05 Å². The van der Waals surface area contributed by atoms with Gasteiger partial charge in [-0.05, 0) is 32.7 Å². The lowest BCUT2D eigenvalue weighted by molar-refractivity contribution is 0.373. The molecule has 1 N–H and O–H groups in total. The highest BCUT2D eigenvalue weighted by Gasteiger charge is 2.39. The molecule has 1 saturated heterocycles. The van der Waals surface area contributed by atoms with Crippen LogP contribution < -0.4 is 5.32 Å². The normalized spacial score (nSPS) is 28.9. The van der Waals surface area contributed by atoms with E-state index in [1.54, 1.807) is 4.31 Å². The molecule has 0 spiro atoms. The smallest absolute Gasteiger partial charge is 0.217 e. The van der Waals surface area contributed by atoms with Gasteiger partial charge in [0, 0.05) is 19.1 Å². The Hall–Kier alpha value is -0.130. The standard InChI is InChI=1S/C11H22N2O2S/c1-12-9-10-5-4-8-13(10)16(14,15)11-6-2-3-7-11/h10-12H,2-9H2,1H3. The van der Waals surface area contributed by atoms with Gasteiger partial charge in [0.15, 0.2) is 0 Å². The topological polar surface area (TPSA) is 49.4 Å². The maximum absolute atomic E-state index is 12.4. The summed E-state index contributed by atoms with van der Waals surface area (Å²) in [5, 5.41) is 3.00. The molecule has 2 aliphatic rings. The van der Waals surface area contributed by atoms with E-state index in [2.05, 4.69) is 5.32 Å². The van der Waals surface area contributed by atoms with Gasteiger partial charge >= 0.3 is 0 Å². The summed E-state index contributed by atoms with van der Waals surface area (Å²) in [6, 6.07) is 0.190. The number of hydrogen-bond acceptors (Lipinski definition) is 3. The molecule has 1 aliphatic carbocycles. The Morgan fingerprint density at radius 3 is 2.50 bits per heavy atom. The van der Waals surface area contributed by atoms with Gasteiger partial charge in [-0.25, -0.2) is 8.42 Å². The third-order valence-electron chi connectivity index (χ3n) is 3.81. The summed E-state index contributed by atoms with van der Waals surface area (Å²) in [6.45, 7) is 1.51. The molecule has 1 aliphatic heterocycles. The maximum atomic E-state index is 12.4. The maximum Gasteiger partial charge on any atom is 0.217 e. The largest absolute Gasteiger partial charge is 0.318 e. The first kappa shape index (κ1) is 12.3. The number of hydrogen-bond donors (Lipinski definition) is 1. The van der Waals surface area contributed by atoms with Crippen molar-refractivity contribution in [3.05, 3.63) is 0 Å². The Balaban J connectivity index is 2.09. The number of sulfonamides is 1. The van der Waals surface area contributed by atoms with Crippen molar-refractivity contribution >= 4 is 10.0 Å². The fourth-order valence-corrected chi connectivity index (χ4v) is 5.25. The summed E-state index contributed by atoms with van der Waals surface area (Å²) in [5.74, 6) is 0. The van der Waals surface area contributed by atoms with E-state index in [4.69, 9.17) is 0 Å². The predicted octanol–water partition coefficient (Wildman–Crippen LogP) is 0.943. The lowest BCUT2D eigenvalue weighted by Gasteiger charge is -2.26. The van der Waals surface area contributed by atoms with Gasteiger partial charge in [-0.1, -0.05) is 12.8 Å². The van der Waals surface area contributed by atoms with E-state index in [-0.39, 0.29) is 11.3 Å². The minimum absolute atomic E-state index is 0.0926. The monoisotopic (exact) mass is 246 g/mol. The molecule has 2 rings (SSSR count). The second-order valence-corrected chi connectivity index (χ2v) is 7.08. The molecule has 1 heterocycles.